The lowest BCUT2D eigenvalue weighted by atomic mass is 10.2. The van der Waals surface area contributed by atoms with E-state index in [-0.39, 0.29) is 5.69 Å². The van der Waals surface area contributed by atoms with Crippen LogP contribution in [0.4, 0.5) is 5.69 Å². The van der Waals surface area contributed by atoms with Gasteiger partial charge in [-0.1, -0.05) is 0 Å². The minimum atomic E-state index is -0.417. The van der Waals surface area contributed by atoms with Crippen molar-refractivity contribution in [3.63, 3.8) is 0 Å². The van der Waals surface area contributed by atoms with E-state index in [1.165, 1.54) is 12.1 Å². The Bertz CT molecular complexity index is 523. The number of nitro benzene ring substituents is 1. The maximum atomic E-state index is 10.5. The van der Waals surface area contributed by atoms with Gasteiger partial charge in [0.05, 0.1) is 17.9 Å². The van der Waals surface area contributed by atoms with E-state index in [1.807, 2.05) is 12.5 Å². The van der Waals surface area contributed by atoms with E-state index in [9.17, 15) is 10.1 Å². The number of benzene rings is 1. The SMILES string of the molecule is O=[N+]([O-])c1ccc(OCCCCCn2ccnc2)cc1. The van der Waals surface area contributed by atoms with Crippen molar-refractivity contribution in [3.05, 3.63) is 53.1 Å². The first-order chi connectivity index (χ1) is 9.75. The third-order valence-corrected chi connectivity index (χ3v) is 2.94. The van der Waals surface area contributed by atoms with Gasteiger partial charge in [-0.25, -0.2) is 4.98 Å². The minimum absolute atomic E-state index is 0.0812. The van der Waals surface area contributed by atoms with Gasteiger partial charge in [-0.15, -0.1) is 0 Å². The number of ether oxygens (including phenoxy) is 1. The van der Waals surface area contributed by atoms with Crippen molar-refractivity contribution < 1.29 is 9.66 Å². The fraction of sp³-hybridized carbons (Fsp3) is 0.357. The van der Waals surface area contributed by atoms with Gasteiger partial charge in [-0.3, -0.25) is 10.1 Å². The molecular weight excluding hydrogens is 258 g/mol. The van der Waals surface area contributed by atoms with Gasteiger partial charge < -0.3 is 9.30 Å². The Morgan fingerprint density at radius 1 is 1.20 bits per heavy atom. The van der Waals surface area contributed by atoms with E-state index < -0.39 is 4.92 Å². The summed E-state index contributed by atoms with van der Waals surface area (Å²) in [4.78, 5) is 14.1. The molecule has 6 nitrogen and oxygen atoms in total. The summed E-state index contributed by atoms with van der Waals surface area (Å²) in [6, 6.07) is 6.16. The Labute approximate surface area is 117 Å². The minimum Gasteiger partial charge on any atom is -0.494 e. The van der Waals surface area contributed by atoms with Gasteiger partial charge in [-0.2, -0.15) is 0 Å². The van der Waals surface area contributed by atoms with E-state index in [4.69, 9.17) is 4.74 Å². The molecule has 1 aromatic heterocycles. The topological polar surface area (TPSA) is 70.2 Å². The Morgan fingerprint density at radius 3 is 2.65 bits per heavy atom. The first kappa shape index (κ1) is 14.0. The number of unbranched alkanes of at least 4 members (excludes halogenated alkanes) is 2. The summed E-state index contributed by atoms with van der Waals surface area (Å²) in [7, 11) is 0. The molecule has 2 aromatic rings. The van der Waals surface area contributed by atoms with E-state index >= 15 is 0 Å². The molecule has 0 aliphatic carbocycles. The highest BCUT2D eigenvalue weighted by Crippen LogP contribution is 2.17. The van der Waals surface area contributed by atoms with Crippen molar-refractivity contribution in [1.29, 1.82) is 0 Å². The zero-order chi connectivity index (χ0) is 14.2. The Balaban J connectivity index is 1.59. The van der Waals surface area contributed by atoms with Crippen molar-refractivity contribution in [1.82, 2.24) is 9.55 Å². The maximum absolute atomic E-state index is 10.5. The zero-order valence-electron chi connectivity index (χ0n) is 11.1. The Hall–Kier alpha value is -2.37. The predicted molar refractivity (Wildman–Crippen MR) is 74.7 cm³/mol. The van der Waals surface area contributed by atoms with E-state index in [0.717, 1.165) is 25.8 Å². The molecule has 0 unspecified atom stereocenters. The molecule has 2 rings (SSSR count). The van der Waals surface area contributed by atoms with Crippen LogP contribution in [0.1, 0.15) is 19.3 Å². The van der Waals surface area contributed by atoms with Crippen LogP contribution in [0.25, 0.3) is 0 Å². The third-order valence-electron chi connectivity index (χ3n) is 2.94. The monoisotopic (exact) mass is 275 g/mol. The molecule has 0 spiro atoms. The van der Waals surface area contributed by atoms with E-state index in [0.29, 0.717) is 12.4 Å². The number of aromatic nitrogens is 2. The number of imidazole rings is 1. The van der Waals surface area contributed by atoms with Crippen molar-refractivity contribution in [2.75, 3.05) is 6.61 Å². The lowest BCUT2D eigenvalue weighted by Crippen LogP contribution is -1.99. The van der Waals surface area contributed by atoms with Crippen LogP contribution in [-0.4, -0.2) is 21.1 Å². The summed E-state index contributed by atoms with van der Waals surface area (Å²) >= 11 is 0. The fourth-order valence-electron chi connectivity index (χ4n) is 1.85. The van der Waals surface area contributed by atoms with Gasteiger partial charge in [0, 0.05) is 31.1 Å². The Morgan fingerprint density at radius 2 is 2.00 bits per heavy atom. The molecule has 20 heavy (non-hydrogen) atoms. The molecule has 0 aliphatic rings. The van der Waals surface area contributed by atoms with Crippen LogP contribution in [0.2, 0.25) is 0 Å². The third kappa shape index (κ3) is 4.38. The number of aryl methyl sites for hydroxylation is 1. The molecule has 0 amide bonds. The second-order valence-corrected chi connectivity index (χ2v) is 4.46. The summed E-state index contributed by atoms with van der Waals surface area (Å²) < 4.78 is 7.59. The molecule has 0 N–H and O–H groups in total. The first-order valence-corrected chi connectivity index (χ1v) is 6.59. The van der Waals surface area contributed by atoms with Crippen molar-refractivity contribution in [2.24, 2.45) is 0 Å². The molecule has 0 aliphatic heterocycles. The normalized spacial score (nSPS) is 10.4. The molecule has 0 atom stereocenters. The molecule has 1 heterocycles. The highest BCUT2D eigenvalue weighted by atomic mass is 16.6. The molecule has 0 radical (unpaired) electrons. The zero-order valence-corrected chi connectivity index (χ0v) is 11.1. The summed E-state index contributed by atoms with van der Waals surface area (Å²) in [6.07, 6.45) is 8.66. The number of hydrogen-bond acceptors (Lipinski definition) is 4. The number of rotatable bonds is 8. The predicted octanol–water partition coefficient (Wildman–Crippen LogP) is 3.04. The van der Waals surface area contributed by atoms with E-state index in [2.05, 4.69) is 9.55 Å². The highest BCUT2D eigenvalue weighted by molar-refractivity contribution is 5.35. The first-order valence-electron chi connectivity index (χ1n) is 6.59. The van der Waals surface area contributed by atoms with Crippen LogP contribution in [0.5, 0.6) is 5.75 Å². The van der Waals surface area contributed by atoms with Crippen LogP contribution in [0.3, 0.4) is 0 Å². The summed E-state index contributed by atoms with van der Waals surface area (Å²) in [6.45, 7) is 1.60. The number of nitro groups is 1. The van der Waals surface area contributed by atoms with Gasteiger partial charge in [0.1, 0.15) is 5.75 Å². The van der Waals surface area contributed by atoms with Gasteiger partial charge in [0.2, 0.25) is 0 Å². The Kier molecular flexibility index (Phi) is 5.11. The maximum Gasteiger partial charge on any atom is 0.269 e. The van der Waals surface area contributed by atoms with Crippen molar-refractivity contribution >= 4 is 5.69 Å². The summed E-state index contributed by atoms with van der Waals surface area (Å²) in [5.74, 6) is 0.671. The van der Waals surface area contributed by atoms with E-state index in [1.54, 1.807) is 18.3 Å². The lowest BCUT2D eigenvalue weighted by Gasteiger charge is -2.06. The molecule has 0 saturated carbocycles. The fourth-order valence-corrected chi connectivity index (χ4v) is 1.85. The van der Waals surface area contributed by atoms with Gasteiger partial charge in [0.25, 0.3) is 5.69 Å². The molecule has 106 valence electrons. The quantitative estimate of drug-likeness (QED) is 0.422. The van der Waals surface area contributed by atoms with Crippen LogP contribution in [-0.2, 0) is 6.54 Å². The van der Waals surface area contributed by atoms with Crippen molar-refractivity contribution in [2.45, 2.75) is 25.8 Å². The molecule has 1 aromatic carbocycles. The summed E-state index contributed by atoms with van der Waals surface area (Å²) in [5.41, 5.74) is 0.0812. The standard InChI is InChI=1S/C14H17N3O3/c18-17(19)13-4-6-14(7-5-13)20-11-3-1-2-9-16-10-8-15-12-16/h4-8,10,12H,1-3,9,11H2. The lowest BCUT2D eigenvalue weighted by molar-refractivity contribution is -0.384. The number of nitrogens with zero attached hydrogens (tertiary/aromatic N) is 3. The molecule has 6 heteroatoms. The second kappa shape index (κ2) is 7.28. The second-order valence-electron chi connectivity index (χ2n) is 4.46. The number of hydrogen-bond donors (Lipinski definition) is 0. The van der Waals surface area contributed by atoms with Crippen LogP contribution < -0.4 is 4.74 Å². The van der Waals surface area contributed by atoms with Gasteiger partial charge in [0.15, 0.2) is 0 Å². The molecule has 0 fully saturated rings. The van der Waals surface area contributed by atoms with Crippen LogP contribution in [0.15, 0.2) is 43.0 Å². The molecule has 0 bridgehead atoms. The van der Waals surface area contributed by atoms with Crippen molar-refractivity contribution in [3.8, 4) is 5.75 Å². The average molecular weight is 275 g/mol. The van der Waals surface area contributed by atoms with Crippen LogP contribution in [0, 0.1) is 10.1 Å². The highest BCUT2D eigenvalue weighted by Gasteiger charge is 2.03. The summed E-state index contributed by atoms with van der Waals surface area (Å²) in [5, 5.41) is 10.5. The molecular formula is C14H17N3O3. The van der Waals surface area contributed by atoms with Crippen LogP contribution >= 0.6 is 0 Å². The smallest absolute Gasteiger partial charge is 0.269 e. The molecule has 0 saturated heterocycles. The van der Waals surface area contributed by atoms with Gasteiger partial charge in [-0.05, 0) is 31.4 Å². The average Bonchev–Trinajstić information content (AvgIpc) is 2.96. The van der Waals surface area contributed by atoms with Gasteiger partial charge >= 0.3 is 0 Å². The number of non-ortho nitro benzene ring substituents is 1. The largest absolute Gasteiger partial charge is 0.494 e.